The summed E-state index contributed by atoms with van der Waals surface area (Å²) in [6.45, 7) is 2.83. The molecular formula is C18H24N2O6. The molecule has 142 valence electrons. The quantitative estimate of drug-likeness (QED) is 0.624. The molecule has 1 saturated heterocycles. The number of hydrogen-bond donors (Lipinski definition) is 2. The van der Waals surface area contributed by atoms with Crippen molar-refractivity contribution >= 4 is 17.8 Å². The molecular weight excluding hydrogens is 340 g/mol. The number of hydrogen-bond acceptors (Lipinski definition) is 6. The first-order valence-electron chi connectivity index (χ1n) is 8.63. The minimum absolute atomic E-state index is 0.0306. The maximum absolute atomic E-state index is 12.0. The van der Waals surface area contributed by atoms with E-state index in [1.165, 1.54) is 0 Å². The first-order valence-corrected chi connectivity index (χ1v) is 8.63. The van der Waals surface area contributed by atoms with Crippen LogP contribution in [0.15, 0.2) is 24.3 Å². The van der Waals surface area contributed by atoms with Crippen molar-refractivity contribution in [2.45, 2.75) is 25.9 Å². The Labute approximate surface area is 152 Å². The number of benzene rings is 1. The molecule has 26 heavy (non-hydrogen) atoms. The third kappa shape index (κ3) is 6.72. The average molecular weight is 364 g/mol. The van der Waals surface area contributed by atoms with Gasteiger partial charge in [-0.05, 0) is 44.0 Å². The maximum atomic E-state index is 12.0. The van der Waals surface area contributed by atoms with Gasteiger partial charge >= 0.3 is 5.97 Å². The second-order valence-electron chi connectivity index (χ2n) is 5.74. The van der Waals surface area contributed by atoms with Crippen molar-refractivity contribution in [2.24, 2.45) is 0 Å². The Hall–Kier alpha value is -2.61. The van der Waals surface area contributed by atoms with Crippen molar-refractivity contribution in [1.82, 2.24) is 10.6 Å². The lowest BCUT2D eigenvalue weighted by molar-refractivity contribution is -0.147. The summed E-state index contributed by atoms with van der Waals surface area (Å²) in [6.07, 6.45) is 1.93. The van der Waals surface area contributed by atoms with E-state index in [1.807, 2.05) is 6.92 Å². The molecule has 1 atom stereocenters. The predicted molar refractivity (Wildman–Crippen MR) is 92.9 cm³/mol. The standard InChI is InChI=1S/C18H24N2O6/c1-2-24-14-7-5-13(6-8-14)18(23)20-11-17(22)26-12-16(21)19-10-15-4-3-9-25-15/h5-8,15H,2-4,9-12H2,1H3,(H,19,21)(H,20,23)/t15-/m1/s1. The Bertz CT molecular complexity index is 611. The van der Waals surface area contributed by atoms with Gasteiger partial charge in [-0.1, -0.05) is 0 Å². The zero-order valence-electron chi connectivity index (χ0n) is 14.8. The van der Waals surface area contributed by atoms with E-state index in [0.717, 1.165) is 12.8 Å². The van der Waals surface area contributed by atoms with Gasteiger partial charge in [0.05, 0.1) is 12.7 Å². The van der Waals surface area contributed by atoms with E-state index in [1.54, 1.807) is 24.3 Å². The van der Waals surface area contributed by atoms with Crippen LogP contribution < -0.4 is 15.4 Å². The summed E-state index contributed by atoms with van der Waals surface area (Å²) < 4.78 is 15.5. The Morgan fingerprint density at radius 3 is 2.62 bits per heavy atom. The number of ether oxygens (including phenoxy) is 3. The SMILES string of the molecule is CCOc1ccc(C(=O)NCC(=O)OCC(=O)NC[C@H]2CCCO2)cc1. The van der Waals surface area contributed by atoms with Gasteiger partial charge in [-0.2, -0.15) is 0 Å². The van der Waals surface area contributed by atoms with Crippen LogP contribution in [-0.2, 0) is 19.1 Å². The largest absolute Gasteiger partial charge is 0.494 e. The molecule has 0 unspecified atom stereocenters. The van der Waals surface area contributed by atoms with Crippen molar-refractivity contribution in [3.05, 3.63) is 29.8 Å². The number of carbonyl (C=O) groups is 3. The summed E-state index contributed by atoms with van der Waals surface area (Å²) in [6, 6.07) is 6.55. The first-order chi connectivity index (χ1) is 12.6. The summed E-state index contributed by atoms with van der Waals surface area (Å²) in [5, 5.41) is 5.09. The highest BCUT2D eigenvalue weighted by Crippen LogP contribution is 2.12. The third-order valence-electron chi connectivity index (χ3n) is 3.74. The second kappa shape index (κ2) is 10.4. The molecule has 0 saturated carbocycles. The number of nitrogens with one attached hydrogen (secondary N) is 2. The van der Waals surface area contributed by atoms with Crippen molar-refractivity contribution < 1.29 is 28.6 Å². The van der Waals surface area contributed by atoms with Gasteiger partial charge in [0, 0.05) is 18.7 Å². The molecule has 0 spiro atoms. The van der Waals surface area contributed by atoms with Crippen molar-refractivity contribution in [3.63, 3.8) is 0 Å². The lowest BCUT2D eigenvalue weighted by Gasteiger charge is -2.11. The molecule has 1 fully saturated rings. The molecule has 2 amide bonds. The van der Waals surface area contributed by atoms with Gasteiger partial charge in [0.2, 0.25) is 0 Å². The molecule has 2 rings (SSSR count). The van der Waals surface area contributed by atoms with Crippen LogP contribution in [0.3, 0.4) is 0 Å². The molecule has 1 aromatic carbocycles. The Morgan fingerprint density at radius 1 is 1.19 bits per heavy atom. The fourth-order valence-corrected chi connectivity index (χ4v) is 2.40. The monoisotopic (exact) mass is 364 g/mol. The summed E-state index contributed by atoms with van der Waals surface area (Å²) >= 11 is 0. The van der Waals surface area contributed by atoms with Gasteiger partial charge in [0.1, 0.15) is 12.3 Å². The van der Waals surface area contributed by atoms with Gasteiger partial charge in [0.25, 0.3) is 11.8 Å². The van der Waals surface area contributed by atoms with Gasteiger partial charge in [-0.25, -0.2) is 0 Å². The second-order valence-corrected chi connectivity index (χ2v) is 5.74. The summed E-state index contributed by atoms with van der Waals surface area (Å²) in [5.41, 5.74) is 0.399. The van der Waals surface area contributed by atoms with Crippen LogP contribution >= 0.6 is 0 Å². The molecule has 1 heterocycles. The zero-order chi connectivity index (χ0) is 18.8. The van der Waals surface area contributed by atoms with Crippen LogP contribution in [-0.4, -0.2) is 56.8 Å². The first kappa shape index (κ1) is 19.7. The predicted octanol–water partition coefficient (Wildman–Crippen LogP) is 0.654. The molecule has 2 N–H and O–H groups in total. The van der Waals surface area contributed by atoms with E-state index in [0.29, 0.717) is 31.1 Å². The number of carbonyl (C=O) groups excluding carboxylic acids is 3. The molecule has 0 radical (unpaired) electrons. The minimum Gasteiger partial charge on any atom is -0.494 e. The van der Waals surface area contributed by atoms with Crippen LogP contribution in [0.1, 0.15) is 30.1 Å². The molecule has 1 aromatic rings. The van der Waals surface area contributed by atoms with Crippen molar-refractivity contribution in [3.8, 4) is 5.75 Å². The smallest absolute Gasteiger partial charge is 0.325 e. The van der Waals surface area contributed by atoms with E-state index in [-0.39, 0.29) is 19.3 Å². The molecule has 1 aliphatic heterocycles. The average Bonchev–Trinajstić information content (AvgIpc) is 3.17. The highest BCUT2D eigenvalue weighted by atomic mass is 16.5. The Morgan fingerprint density at radius 2 is 1.96 bits per heavy atom. The van der Waals surface area contributed by atoms with Gasteiger partial charge in [-0.15, -0.1) is 0 Å². The van der Waals surface area contributed by atoms with Crippen LogP contribution in [0.25, 0.3) is 0 Å². The van der Waals surface area contributed by atoms with E-state index in [2.05, 4.69) is 10.6 Å². The van der Waals surface area contributed by atoms with E-state index >= 15 is 0 Å². The third-order valence-corrected chi connectivity index (χ3v) is 3.74. The number of rotatable bonds is 9. The summed E-state index contributed by atoms with van der Waals surface area (Å²) in [5.74, 6) is -0.825. The molecule has 8 nitrogen and oxygen atoms in total. The number of esters is 1. The van der Waals surface area contributed by atoms with Crippen LogP contribution in [0.4, 0.5) is 0 Å². The van der Waals surface area contributed by atoms with E-state index in [4.69, 9.17) is 14.2 Å². The molecule has 0 aromatic heterocycles. The maximum Gasteiger partial charge on any atom is 0.325 e. The van der Waals surface area contributed by atoms with Gasteiger partial charge in [-0.3, -0.25) is 14.4 Å². The highest BCUT2D eigenvalue weighted by molar-refractivity contribution is 5.96. The lowest BCUT2D eigenvalue weighted by atomic mass is 10.2. The lowest BCUT2D eigenvalue weighted by Crippen LogP contribution is -2.36. The van der Waals surface area contributed by atoms with Crippen LogP contribution in [0.5, 0.6) is 5.75 Å². The summed E-state index contributed by atoms with van der Waals surface area (Å²) in [7, 11) is 0. The molecule has 1 aliphatic rings. The van der Waals surface area contributed by atoms with E-state index < -0.39 is 17.8 Å². The topological polar surface area (TPSA) is 103 Å². The zero-order valence-corrected chi connectivity index (χ0v) is 14.8. The van der Waals surface area contributed by atoms with Gasteiger partial charge in [0.15, 0.2) is 6.61 Å². The normalized spacial score (nSPS) is 16.0. The fourth-order valence-electron chi connectivity index (χ4n) is 2.40. The van der Waals surface area contributed by atoms with E-state index in [9.17, 15) is 14.4 Å². The Balaban J connectivity index is 1.62. The highest BCUT2D eigenvalue weighted by Gasteiger charge is 2.17. The molecule has 0 aliphatic carbocycles. The van der Waals surface area contributed by atoms with Crippen LogP contribution in [0, 0.1) is 0 Å². The minimum atomic E-state index is -0.684. The summed E-state index contributed by atoms with van der Waals surface area (Å²) in [4.78, 5) is 35.2. The Kier molecular flexibility index (Phi) is 7.88. The molecule has 0 bridgehead atoms. The van der Waals surface area contributed by atoms with Crippen molar-refractivity contribution in [2.75, 3.05) is 32.9 Å². The van der Waals surface area contributed by atoms with Crippen molar-refractivity contribution in [1.29, 1.82) is 0 Å². The number of amides is 2. The molecule has 8 heteroatoms. The van der Waals surface area contributed by atoms with Gasteiger partial charge < -0.3 is 24.8 Å². The fraction of sp³-hybridized carbons (Fsp3) is 0.500. The van der Waals surface area contributed by atoms with Crippen LogP contribution in [0.2, 0.25) is 0 Å².